The topological polar surface area (TPSA) is 132 Å². The van der Waals surface area contributed by atoms with Gasteiger partial charge >= 0.3 is 0 Å². The smallest absolute Gasteiger partial charge is 0.174 e. The van der Waals surface area contributed by atoms with Crippen molar-refractivity contribution in [1.29, 1.82) is 5.26 Å². The van der Waals surface area contributed by atoms with Crippen molar-refractivity contribution in [2.45, 2.75) is 37.4 Å². The number of ether oxygens (including phenoxy) is 1. The highest BCUT2D eigenvalue weighted by Crippen LogP contribution is 2.30. The number of rotatable bonds is 4. The van der Waals surface area contributed by atoms with Crippen LogP contribution >= 0.6 is 0 Å². The number of aliphatic hydroxyl groups is 4. The van der Waals surface area contributed by atoms with E-state index in [1.54, 1.807) is 0 Å². The third kappa shape index (κ3) is 3.12. The molecule has 1 aromatic heterocycles. The molecule has 1 aromatic rings. The van der Waals surface area contributed by atoms with E-state index in [0.29, 0.717) is 12.8 Å². The number of hydrogen-bond acceptors (Lipinski definition) is 7. The summed E-state index contributed by atoms with van der Waals surface area (Å²) in [4.78, 5) is 3.90. The number of imidazole rings is 1. The third-order valence-electron chi connectivity index (χ3n) is 3.36. The number of unbranched alkanes of at least 4 members (excludes halogenated alkanes) is 1. The first kappa shape index (κ1) is 16.4. The van der Waals surface area contributed by atoms with E-state index < -0.39 is 31.1 Å². The van der Waals surface area contributed by atoms with Crippen molar-refractivity contribution in [3.05, 3.63) is 17.7 Å². The van der Waals surface area contributed by atoms with Crippen molar-refractivity contribution in [2.24, 2.45) is 0 Å². The van der Waals surface area contributed by atoms with Gasteiger partial charge in [0.15, 0.2) is 11.9 Å². The molecule has 4 N–H and O–H groups in total. The van der Waals surface area contributed by atoms with Gasteiger partial charge in [-0.05, 0) is 12.3 Å². The Bertz CT molecular complexity index is 612. The average molecular weight is 307 g/mol. The van der Waals surface area contributed by atoms with Crippen LogP contribution in [0.15, 0.2) is 6.33 Å². The van der Waals surface area contributed by atoms with Gasteiger partial charge in [-0.1, -0.05) is 5.92 Å². The van der Waals surface area contributed by atoms with Gasteiger partial charge in [-0.2, -0.15) is 5.26 Å². The minimum Gasteiger partial charge on any atom is -0.396 e. The van der Waals surface area contributed by atoms with Crippen LogP contribution in [0.5, 0.6) is 0 Å². The molecule has 1 fully saturated rings. The van der Waals surface area contributed by atoms with Crippen molar-refractivity contribution < 1.29 is 25.2 Å². The van der Waals surface area contributed by atoms with E-state index in [1.807, 2.05) is 6.07 Å². The molecule has 0 aliphatic carbocycles. The van der Waals surface area contributed by atoms with Gasteiger partial charge in [-0.25, -0.2) is 4.98 Å². The Balaban J connectivity index is 2.30. The molecule has 0 unspecified atom stereocenters. The fourth-order valence-electron chi connectivity index (χ4n) is 2.18. The van der Waals surface area contributed by atoms with Crippen molar-refractivity contribution in [3.8, 4) is 17.9 Å². The molecule has 1 saturated heterocycles. The van der Waals surface area contributed by atoms with Gasteiger partial charge in [0, 0.05) is 13.0 Å². The molecule has 4 atom stereocenters. The van der Waals surface area contributed by atoms with Crippen LogP contribution in [0.4, 0.5) is 0 Å². The molecule has 8 heteroatoms. The lowest BCUT2D eigenvalue weighted by Gasteiger charge is -2.17. The SMILES string of the molecule is N#Cc1ncn([C@@H]2O[C@H](CO)[C@@H](O)[C@H]2O)c1C#CCCCO. The number of aliphatic hydroxyl groups excluding tert-OH is 4. The van der Waals surface area contributed by atoms with Crippen molar-refractivity contribution in [2.75, 3.05) is 13.2 Å². The number of hydrogen-bond donors (Lipinski definition) is 4. The quantitative estimate of drug-likeness (QED) is 0.393. The minimum atomic E-state index is -1.27. The second-order valence-electron chi connectivity index (χ2n) is 4.82. The van der Waals surface area contributed by atoms with Gasteiger partial charge in [0.25, 0.3) is 0 Å². The third-order valence-corrected chi connectivity index (χ3v) is 3.36. The fraction of sp³-hybridized carbons (Fsp3) is 0.571. The Morgan fingerprint density at radius 2 is 2.09 bits per heavy atom. The van der Waals surface area contributed by atoms with Crippen LogP contribution in [0.2, 0.25) is 0 Å². The predicted molar refractivity (Wildman–Crippen MR) is 73.1 cm³/mol. The molecule has 0 aromatic carbocycles. The molecule has 22 heavy (non-hydrogen) atoms. The van der Waals surface area contributed by atoms with Crippen LogP contribution in [0.25, 0.3) is 0 Å². The lowest BCUT2D eigenvalue weighted by Crippen LogP contribution is -2.33. The highest BCUT2D eigenvalue weighted by molar-refractivity contribution is 5.40. The lowest BCUT2D eigenvalue weighted by atomic mass is 10.1. The van der Waals surface area contributed by atoms with Crippen LogP contribution in [-0.2, 0) is 4.74 Å². The van der Waals surface area contributed by atoms with E-state index in [-0.39, 0.29) is 18.0 Å². The first-order chi connectivity index (χ1) is 10.6. The normalized spacial score (nSPS) is 27.2. The van der Waals surface area contributed by atoms with E-state index in [9.17, 15) is 10.2 Å². The molecule has 2 rings (SSSR count). The summed E-state index contributed by atoms with van der Waals surface area (Å²) in [5, 5.41) is 46.7. The molecular weight excluding hydrogens is 290 g/mol. The molecule has 0 amide bonds. The highest BCUT2D eigenvalue weighted by atomic mass is 16.6. The van der Waals surface area contributed by atoms with Crippen LogP contribution in [0.1, 0.15) is 30.5 Å². The molecule has 2 heterocycles. The van der Waals surface area contributed by atoms with Gasteiger partial charge in [0.05, 0.1) is 12.9 Å². The van der Waals surface area contributed by atoms with Gasteiger partial charge in [0.2, 0.25) is 0 Å². The van der Waals surface area contributed by atoms with Crippen molar-refractivity contribution >= 4 is 0 Å². The Kier molecular flexibility index (Phi) is 5.50. The molecule has 118 valence electrons. The van der Waals surface area contributed by atoms with E-state index in [4.69, 9.17) is 20.2 Å². The summed E-state index contributed by atoms with van der Waals surface area (Å²) in [6, 6.07) is 1.90. The summed E-state index contributed by atoms with van der Waals surface area (Å²) in [5.74, 6) is 5.58. The second kappa shape index (κ2) is 7.36. The molecule has 0 radical (unpaired) electrons. The van der Waals surface area contributed by atoms with Crippen LogP contribution in [0, 0.1) is 23.2 Å². The summed E-state index contributed by atoms with van der Waals surface area (Å²) in [6.45, 7) is -0.417. The number of aromatic nitrogens is 2. The van der Waals surface area contributed by atoms with Crippen LogP contribution < -0.4 is 0 Å². The van der Waals surface area contributed by atoms with Gasteiger partial charge in [-0.3, -0.25) is 4.57 Å². The average Bonchev–Trinajstić information content (AvgIpc) is 3.05. The number of nitriles is 1. The predicted octanol–water partition coefficient (Wildman–Crippen LogP) is -1.51. The van der Waals surface area contributed by atoms with Crippen molar-refractivity contribution in [3.63, 3.8) is 0 Å². The maximum absolute atomic E-state index is 10.0. The Labute approximate surface area is 127 Å². The first-order valence-corrected chi connectivity index (χ1v) is 6.83. The first-order valence-electron chi connectivity index (χ1n) is 6.83. The lowest BCUT2D eigenvalue weighted by molar-refractivity contribution is -0.0531. The molecular formula is C14H17N3O5. The molecule has 1 aliphatic rings. The fourth-order valence-corrected chi connectivity index (χ4v) is 2.18. The Morgan fingerprint density at radius 3 is 2.68 bits per heavy atom. The van der Waals surface area contributed by atoms with Crippen LogP contribution in [-0.4, -0.2) is 61.5 Å². The minimum absolute atomic E-state index is 0.0217. The zero-order valence-electron chi connectivity index (χ0n) is 11.8. The highest BCUT2D eigenvalue weighted by Gasteiger charge is 2.44. The molecule has 8 nitrogen and oxygen atoms in total. The maximum atomic E-state index is 10.0. The van der Waals surface area contributed by atoms with E-state index in [2.05, 4.69) is 16.8 Å². The molecule has 0 spiro atoms. The molecule has 0 bridgehead atoms. The molecule has 0 saturated carbocycles. The van der Waals surface area contributed by atoms with E-state index in [1.165, 1.54) is 10.9 Å². The zero-order valence-corrected chi connectivity index (χ0v) is 11.8. The van der Waals surface area contributed by atoms with Crippen LogP contribution in [0.3, 0.4) is 0 Å². The standard InChI is InChI=1S/C14H17N3O5/c15-6-9-10(4-2-1-3-5-18)17(8-16-9)14-13(21)12(20)11(7-19)22-14/h8,11-14,18-21H,1,3,5,7H2/t11-,12-,13-,14-/m1/s1. The summed E-state index contributed by atoms with van der Waals surface area (Å²) in [5.41, 5.74) is 0.338. The number of nitrogens with zero attached hydrogens (tertiary/aromatic N) is 3. The largest absolute Gasteiger partial charge is 0.396 e. The summed E-state index contributed by atoms with van der Waals surface area (Å²) < 4.78 is 6.77. The Hall–Kier alpha value is -1.94. The van der Waals surface area contributed by atoms with Crippen molar-refractivity contribution in [1.82, 2.24) is 9.55 Å². The van der Waals surface area contributed by atoms with E-state index >= 15 is 0 Å². The zero-order chi connectivity index (χ0) is 16.1. The monoisotopic (exact) mass is 307 g/mol. The van der Waals surface area contributed by atoms with Gasteiger partial charge in [-0.15, -0.1) is 0 Å². The summed E-state index contributed by atoms with van der Waals surface area (Å²) in [6.07, 6.45) is -2.14. The summed E-state index contributed by atoms with van der Waals surface area (Å²) in [7, 11) is 0. The maximum Gasteiger partial charge on any atom is 0.174 e. The van der Waals surface area contributed by atoms with Gasteiger partial charge < -0.3 is 25.2 Å². The second-order valence-corrected chi connectivity index (χ2v) is 4.82. The Morgan fingerprint density at radius 1 is 1.32 bits per heavy atom. The van der Waals surface area contributed by atoms with Gasteiger partial charge in [0.1, 0.15) is 30.1 Å². The van der Waals surface area contributed by atoms with E-state index in [0.717, 1.165) is 0 Å². The summed E-state index contributed by atoms with van der Waals surface area (Å²) >= 11 is 0. The molecule has 1 aliphatic heterocycles.